The average Bonchev–Trinajstić information content (AvgIpc) is 2.73. The van der Waals surface area contributed by atoms with Crippen molar-refractivity contribution in [1.29, 1.82) is 0 Å². The fourth-order valence-electron chi connectivity index (χ4n) is 2.40. The molecule has 0 unspecified atom stereocenters. The molecule has 1 aliphatic rings. The van der Waals surface area contributed by atoms with Gasteiger partial charge in [0.25, 0.3) is 10.0 Å². The molecule has 1 aromatic rings. The minimum atomic E-state index is -4.26. The van der Waals surface area contributed by atoms with Gasteiger partial charge in [-0.1, -0.05) is 12.1 Å². The smallest absolute Gasteiger partial charge is 0.271 e. The molecule has 1 amide bonds. The summed E-state index contributed by atoms with van der Waals surface area (Å²) in [5.74, 6) is -4.06. The van der Waals surface area contributed by atoms with Gasteiger partial charge in [0, 0.05) is 18.3 Å². The monoisotopic (exact) mass is 337 g/mol. The molecule has 0 aliphatic heterocycles. The molecule has 0 atom stereocenters. The van der Waals surface area contributed by atoms with E-state index in [0.29, 0.717) is 0 Å². The number of anilines is 1. The molecule has 2 rings (SSSR count). The second kappa shape index (κ2) is 5.18. The van der Waals surface area contributed by atoms with Crippen LogP contribution >= 0.6 is 0 Å². The SMILES string of the molecule is Cc1onc(N)c1S(=O)(=O)NC(=O)C1(C)CCC(F)(F)CC1. The molecule has 1 aliphatic carbocycles. The Hall–Kier alpha value is -1.71. The van der Waals surface area contributed by atoms with Crippen molar-refractivity contribution < 1.29 is 26.5 Å². The molecule has 22 heavy (non-hydrogen) atoms. The summed E-state index contributed by atoms with van der Waals surface area (Å²) in [6.45, 7) is 2.81. The van der Waals surface area contributed by atoms with E-state index in [-0.39, 0.29) is 24.4 Å². The normalized spacial score (nSPS) is 20.5. The predicted octanol–water partition coefficient (Wildman–Crippen LogP) is 1.59. The number of hydrogen-bond donors (Lipinski definition) is 2. The maximum absolute atomic E-state index is 13.2. The third-order valence-corrected chi connectivity index (χ3v) is 5.45. The Balaban J connectivity index is 2.19. The van der Waals surface area contributed by atoms with E-state index >= 15 is 0 Å². The molecule has 0 bridgehead atoms. The van der Waals surface area contributed by atoms with Gasteiger partial charge in [-0.15, -0.1) is 0 Å². The van der Waals surface area contributed by atoms with Crippen molar-refractivity contribution in [2.75, 3.05) is 5.73 Å². The van der Waals surface area contributed by atoms with E-state index in [2.05, 4.69) is 9.68 Å². The number of aryl methyl sites for hydroxylation is 1. The third kappa shape index (κ3) is 3.06. The Labute approximate surface area is 126 Å². The highest BCUT2D eigenvalue weighted by Crippen LogP contribution is 2.43. The summed E-state index contributed by atoms with van der Waals surface area (Å²) in [5.41, 5.74) is 4.24. The summed E-state index contributed by atoms with van der Waals surface area (Å²) in [7, 11) is -4.26. The number of carbonyl (C=O) groups excluding carboxylic acids is 1. The van der Waals surface area contributed by atoms with E-state index in [4.69, 9.17) is 5.73 Å². The van der Waals surface area contributed by atoms with E-state index in [1.807, 2.05) is 4.72 Å². The zero-order chi connectivity index (χ0) is 16.8. The number of nitrogens with one attached hydrogen (secondary N) is 1. The average molecular weight is 337 g/mol. The number of sulfonamides is 1. The first-order valence-corrected chi connectivity index (χ1v) is 8.12. The lowest BCUT2D eigenvalue weighted by atomic mass is 9.74. The standard InChI is InChI=1S/C12H17F2N3O4S/c1-7-8(9(15)16-21-7)22(19,20)17-10(18)11(2)3-5-12(13,14)6-4-11/h3-6H2,1-2H3,(H2,15,16)(H,17,18). The number of amides is 1. The number of rotatable bonds is 3. The largest absolute Gasteiger partial charge is 0.380 e. The Morgan fingerprint density at radius 2 is 1.86 bits per heavy atom. The minimum absolute atomic E-state index is 0.0573. The van der Waals surface area contributed by atoms with Crippen LogP contribution in [0.1, 0.15) is 38.4 Å². The summed E-state index contributed by atoms with van der Waals surface area (Å²) in [6, 6.07) is 0. The van der Waals surface area contributed by atoms with Crippen molar-refractivity contribution in [3.8, 4) is 0 Å². The molecule has 3 N–H and O–H groups in total. The predicted molar refractivity (Wildman–Crippen MR) is 72.5 cm³/mol. The number of nitrogen functional groups attached to an aromatic ring is 1. The van der Waals surface area contributed by atoms with Crippen LogP contribution in [-0.4, -0.2) is 25.4 Å². The number of alkyl halides is 2. The molecule has 0 aromatic carbocycles. The van der Waals surface area contributed by atoms with Gasteiger partial charge in [-0.3, -0.25) is 4.79 Å². The first kappa shape index (κ1) is 16.7. The van der Waals surface area contributed by atoms with Crippen molar-refractivity contribution in [1.82, 2.24) is 9.88 Å². The van der Waals surface area contributed by atoms with Crippen LogP contribution < -0.4 is 10.5 Å². The first-order chi connectivity index (χ1) is 9.97. The van der Waals surface area contributed by atoms with Crippen molar-refractivity contribution in [3.63, 3.8) is 0 Å². The van der Waals surface area contributed by atoms with Crippen LogP contribution in [0.5, 0.6) is 0 Å². The maximum Gasteiger partial charge on any atom is 0.271 e. The Kier molecular flexibility index (Phi) is 3.92. The fourth-order valence-corrected chi connectivity index (χ4v) is 3.72. The van der Waals surface area contributed by atoms with Crippen LogP contribution in [0, 0.1) is 12.3 Å². The van der Waals surface area contributed by atoms with Crippen LogP contribution in [0.25, 0.3) is 0 Å². The molecule has 0 saturated heterocycles. The van der Waals surface area contributed by atoms with Crippen LogP contribution in [0.2, 0.25) is 0 Å². The maximum atomic E-state index is 13.2. The van der Waals surface area contributed by atoms with E-state index in [1.165, 1.54) is 13.8 Å². The lowest BCUT2D eigenvalue weighted by molar-refractivity contribution is -0.135. The molecule has 1 aromatic heterocycles. The van der Waals surface area contributed by atoms with E-state index in [0.717, 1.165) is 0 Å². The van der Waals surface area contributed by atoms with Gasteiger partial charge in [-0.25, -0.2) is 21.9 Å². The van der Waals surface area contributed by atoms with Crippen LogP contribution in [-0.2, 0) is 14.8 Å². The van der Waals surface area contributed by atoms with Gasteiger partial charge in [0.2, 0.25) is 11.8 Å². The highest BCUT2D eigenvalue weighted by Gasteiger charge is 2.46. The van der Waals surface area contributed by atoms with E-state index < -0.39 is 45.0 Å². The highest BCUT2D eigenvalue weighted by molar-refractivity contribution is 7.90. The number of nitrogens with zero attached hydrogens (tertiary/aromatic N) is 1. The summed E-state index contributed by atoms with van der Waals surface area (Å²) < 4.78 is 57.3. The van der Waals surface area contributed by atoms with Gasteiger partial charge in [-0.2, -0.15) is 0 Å². The molecular weight excluding hydrogens is 320 g/mol. The topological polar surface area (TPSA) is 115 Å². The van der Waals surface area contributed by atoms with Crippen molar-refractivity contribution in [2.45, 2.75) is 50.3 Å². The number of aromatic nitrogens is 1. The molecule has 1 fully saturated rings. The van der Waals surface area contributed by atoms with Gasteiger partial charge in [-0.05, 0) is 19.8 Å². The molecule has 1 saturated carbocycles. The summed E-state index contributed by atoms with van der Waals surface area (Å²) >= 11 is 0. The minimum Gasteiger partial charge on any atom is -0.380 e. The van der Waals surface area contributed by atoms with E-state index in [1.54, 1.807) is 0 Å². The van der Waals surface area contributed by atoms with Crippen molar-refractivity contribution in [3.05, 3.63) is 5.76 Å². The summed E-state index contributed by atoms with van der Waals surface area (Å²) in [6.07, 6.45) is -1.10. The molecule has 10 heteroatoms. The number of nitrogens with two attached hydrogens (primary N) is 1. The Morgan fingerprint density at radius 3 is 2.32 bits per heavy atom. The van der Waals surface area contributed by atoms with Gasteiger partial charge < -0.3 is 10.3 Å². The fraction of sp³-hybridized carbons (Fsp3) is 0.667. The molecule has 1 heterocycles. The zero-order valence-corrected chi connectivity index (χ0v) is 13.0. The second-order valence-corrected chi connectivity index (χ2v) is 7.42. The van der Waals surface area contributed by atoms with Crippen LogP contribution in [0.4, 0.5) is 14.6 Å². The number of hydrogen-bond acceptors (Lipinski definition) is 6. The van der Waals surface area contributed by atoms with Gasteiger partial charge in [0.1, 0.15) is 0 Å². The molecular formula is C12H17F2N3O4S. The highest BCUT2D eigenvalue weighted by atomic mass is 32.2. The van der Waals surface area contributed by atoms with Gasteiger partial charge in [0.05, 0.1) is 0 Å². The lowest BCUT2D eigenvalue weighted by Gasteiger charge is -2.35. The van der Waals surface area contributed by atoms with Gasteiger partial charge in [0.15, 0.2) is 16.5 Å². The van der Waals surface area contributed by atoms with Crippen LogP contribution in [0.3, 0.4) is 0 Å². The van der Waals surface area contributed by atoms with Crippen LogP contribution in [0.15, 0.2) is 9.42 Å². The molecule has 0 spiro atoms. The number of halogens is 2. The quantitative estimate of drug-likeness (QED) is 0.865. The third-order valence-electron chi connectivity index (χ3n) is 3.96. The van der Waals surface area contributed by atoms with Crippen molar-refractivity contribution >= 4 is 21.7 Å². The first-order valence-electron chi connectivity index (χ1n) is 6.64. The molecule has 0 radical (unpaired) electrons. The van der Waals surface area contributed by atoms with Gasteiger partial charge >= 0.3 is 0 Å². The zero-order valence-electron chi connectivity index (χ0n) is 12.2. The Morgan fingerprint density at radius 1 is 1.32 bits per heavy atom. The van der Waals surface area contributed by atoms with Crippen molar-refractivity contribution in [2.24, 2.45) is 5.41 Å². The number of carbonyl (C=O) groups is 1. The lowest BCUT2D eigenvalue weighted by Crippen LogP contribution is -2.45. The summed E-state index contributed by atoms with van der Waals surface area (Å²) in [5, 5.41) is 3.31. The van der Waals surface area contributed by atoms with E-state index in [9.17, 15) is 22.0 Å². The second-order valence-electron chi connectivity index (χ2n) is 5.80. The molecule has 124 valence electrons. The summed E-state index contributed by atoms with van der Waals surface area (Å²) in [4.78, 5) is 11.8. The Bertz CT molecular complexity index is 670. The molecule has 7 nitrogen and oxygen atoms in total.